The second-order valence-electron chi connectivity index (χ2n) is 5.29. The summed E-state index contributed by atoms with van der Waals surface area (Å²) in [6, 6.07) is 9.83. The molecule has 0 spiro atoms. The molecule has 0 aliphatic carbocycles. The minimum Gasteiger partial charge on any atom is -0.275 e. The molecule has 2 heterocycles. The van der Waals surface area contributed by atoms with Gasteiger partial charge in [-0.15, -0.1) is 11.3 Å². The maximum absolute atomic E-state index is 12.4. The van der Waals surface area contributed by atoms with Crippen LogP contribution in [0.2, 0.25) is 0 Å². The molecule has 3 rings (SSSR count). The first-order valence-electron chi connectivity index (χ1n) is 6.92. The summed E-state index contributed by atoms with van der Waals surface area (Å²) in [7, 11) is 0. The Balaban J connectivity index is 1.70. The Bertz CT molecular complexity index is 666. The predicted molar refractivity (Wildman–Crippen MR) is 80.7 cm³/mol. The van der Waals surface area contributed by atoms with Gasteiger partial charge in [-0.1, -0.05) is 30.3 Å². The largest absolute Gasteiger partial charge is 0.275 e. The third-order valence-electron chi connectivity index (χ3n) is 3.62. The zero-order chi connectivity index (χ0) is 14.8. The molecule has 2 amide bonds. The van der Waals surface area contributed by atoms with Crippen LogP contribution in [-0.2, 0) is 22.6 Å². The van der Waals surface area contributed by atoms with Crippen LogP contribution in [0, 0.1) is 12.8 Å². The van der Waals surface area contributed by atoms with Crippen molar-refractivity contribution in [2.75, 3.05) is 0 Å². The van der Waals surface area contributed by atoms with Crippen LogP contribution in [0.15, 0.2) is 35.7 Å². The van der Waals surface area contributed by atoms with Crippen LogP contribution >= 0.6 is 11.3 Å². The number of likely N-dealkylation sites (tertiary alicyclic amines) is 1. The molecule has 1 saturated heterocycles. The summed E-state index contributed by atoms with van der Waals surface area (Å²) in [5.74, 6) is -0.397. The van der Waals surface area contributed by atoms with Gasteiger partial charge in [-0.05, 0) is 18.9 Å². The number of aromatic nitrogens is 1. The zero-order valence-electron chi connectivity index (χ0n) is 11.8. The number of hydrogen-bond acceptors (Lipinski definition) is 4. The van der Waals surface area contributed by atoms with Crippen LogP contribution in [-0.4, -0.2) is 21.7 Å². The molecule has 0 saturated carbocycles. The second kappa shape index (κ2) is 5.77. The first-order chi connectivity index (χ1) is 10.1. The van der Waals surface area contributed by atoms with Gasteiger partial charge in [0.25, 0.3) is 0 Å². The van der Waals surface area contributed by atoms with Crippen molar-refractivity contribution in [2.24, 2.45) is 5.92 Å². The molecule has 21 heavy (non-hydrogen) atoms. The van der Waals surface area contributed by atoms with Gasteiger partial charge in [0.15, 0.2) is 0 Å². The van der Waals surface area contributed by atoms with E-state index < -0.39 is 0 Å². The Morgan fingerprint density at radius 3 is 2.71 bits per heavy atom. The molecule has 1 aliphatic rings. The summed E-state index contributed by atoms with van der Waals surface area (Å²) in [6.45, 7) is 2.22. The smallest absolute Gasteiger partial charge is 0.233 e. The monoisotopic (exact) mass is 300 g/mol. The van der Waals surface area contributed by atoms with Crippen molar-refractivity contribution < 1.29 is 9.59 Å². The highest BCUT2D eigenvalue weighted by Crippen LogP contribution is 2.25. The Labute approximate surface area is 127 Å². The van der Waals surface area contributed by atoms with E-state index >= 15 is 0 Å². The molecule has 1 aromatic heterocycles. The molecule has 1 fully saturated rings. The van der Waals surface area contributed by atoms with Gasteiger partial charge in [0.2, 0.25) is 11.8 Å². The quantitative estimate of drug-likeness (QED) is 0.815. The van der Waals surface area contributed by atoms with Gasteiger partial charge in [-0.2, -0.15) is 0 Å². The van der Waals surface area contributed by atoms with Crippen molar-refractivity contribution in [3.05, 3.63) is 52.0 Å². The van der Waals surface area contributed by atoms with E-state index in [2.05, 4.69) is 4.98 Å². The third kappa shape index (κ3) is 3.03. The van der Waals surface area contributed by atoms with E-state index in [1.807, 2.05) is 42.6 Å². The third-order valence-corrected chi connectivity index (χ3v) is 4.57. The van der Waals surface area contributed by atoms with Gasteiger partial charge in [0, 0.05) is 17.5 Å². The van der Waals surface area contributed by atoms with Crippen molar-refractivity contribution in [2.45, 2.75) is 26.3 Å². The molecule has 2 aromatic rings. The maximum Gasteiger partial charge on any atom is 0.233 e. The maximum atomic E-state index is 12.4. The fraction of sp³-hybridized carbons (Fsp3) is 0.312. The van der Waals surface area contributed by atoms with Gasteiger partial charge < -0.3 is 0 Å². The predicted octanol–water partition coefficient (Wildman–Crippen LogP) is 2.57. The number of nitrogens with zero attached hydrogens (tertiary/aromatic N) is 2. The molecule has 5 heteroatoms. The van der Waals surface area contributed by atoms with E-state index in [9.17, 15) is 9.59 Å². The lowest BCUT2D eigenvalue weighted by Gasteiger charge is -2.13. The minimum absolute atomic E-state index is 0.0725. The Morgan fingerprint density at radius 2 is 2.05 bits per heavy atom. The van der Waals surface area contributed by atoms with Crippen LogP contribution in [0.3, 0.4) is 0 Å². The van der Waals surface area contributed by atoms with Crippen molar-refractivity contribution in [3.63, 3.8) is 0 Å². The number of carbonyl (C=O) groups excluding carboxylic acids is 2. The lowest BCUT2D eigenvalue weighted by molar-refractivity contribution is -0.140. The number of aryl methyl sites for hydroxylation is 1. The van der Waals surface area contributed by atoms with Crippen molar-refractivity contribution in [1.29, 1.82) is 0 Å². The number of hydrogen-bond donors (Lipinski definition) is 0. The fourth-order valence-electron chi connectivity index (χ4n) is 2.59. The van der Waals surface area contributed by atoms with Gasteiger partial charge >= 0.3 is 0 Å². The number of benzene rings is 1. The molecule has 0 N–H and O–H groups in total. The topological polar surface area (TPSA) is 50.3 Å². The molecular weight excluding hydrogens is 284 g/mol. The van der Waals surface area contributed by atoms with E-state index in [1.54, 1.807) is 0 Å². The van der Waals surface area contributed by atoms with Crippen molar-refractivity contribution >= 4 is 23.2 Å². The molecule has 1 atom stereocenters. The zero-order valence-corrected chi connectivity index (χ0v) is 12.6. The lowest BCUT2D eigenvalue weighted by atomic mass is 9.98. The Morgan fingerprint density at radius 1 is 1.29 bits per heavy atom. The number of carbonyl (C=O) groups is 2. The van der Waals surface area contributed by atoms with E-state index in [1.165, 1.54) is 16.2 Å². The number of rotatable bonds is 4. The van der Waals surface area contributed by atoms with E-state index in [0.717, 1.165) is 16.3 Å². The van der Waals surface area contributed by atoms with Crippen molar-refractivity contribution in [3.8, 4) is 0 Å². The van der Waals surface area contributed by atoms with Crippen LogP contribution < -0.4 is 0 Å². The lowest BCUT2D eigenvalue weighted by Crippen LogP contribution is -2.30. The van der Waals surface area contributed by atoms with Crippen LogP contribution in [0.4, 0.5) is 0 Å². The van der Waals surface area contributed by atoms with Gasteiger partial charge in [0.1, 0.15) is 5.01 Å². The van der Waals surface area contributed by atoms with Crippen molar-refractivity contribution in [1.82, 2.24) is 9.88 Å². The number of amides is 2. The Kier molecular flexibility index (Phi) is 3.84. The van der Waals surface area contributed by atoms with E-state index in [4.69, 9.17) is 0 Å². The summed E-state index contributed by atoms with van der Waals surface area (Å²) < 4.78 is 0. The van der Waals surface area contributed by atoms with Gasteiger partial charge in [-0.25, -0.2) is 4.98 Å². The summed E-state index contributed by atoms with van der Waals surface area (Å²) in [4.78, 5) is 30.2. The number of imide groups is 1. The molecular formula is C16H16N2O2S. The summed E-state index contributed by atoms with van der Waals surface area (Å²) in [5.41, 5.74) is 2.02. The average Bonchev–Trinajstić information content (AvgIpc) is 2.99. The first kappa shape index (κ1) is 13.9. The van der Waals surface area contributed by atoms with E-state index in [-0.39, 0.29) is 17.7 Å². The molecule has 0 bridgehead atoms. The Hall–Kier alpha value is -2.01. The highest BCUT2D eigenvalue weighted by atomic mass is 32.1. The van der Waals surface area contributed by atoms with E-state index in [0.29, 0.717) is 19.4 Å². The highest BCUT2D eigenvalue weighted by molar-refractivity contribution is 7.09. The summed E-state index contributed by atoms with van der Waals surface area (Å²) in [6.07, 6.45) is 0.927. The van der Waals surface area contributed by atoms with Crippen LogP contribution in [0.5, 0.6) is 0 Å². The SMILES string of the molecule is Cc1csc(CN2C(=O)C[C@@H](Cc3ccccc3)C2=O)n1. The fourth-order valence-corrected chi connectivity index (χ4v) is 3.35. The molecule has 0 unspecified atom stereocenters. The van der Waals surface area contributed by atoms with Crippen LogP contribution in [0.25, 0.3) is 0 Å². The molecule has 4 nitrogen and oxygen atoms in total. The molecule has 1 aliphatic heterocycles. The van der Waals surface area contributed by atoms with Crippen LogP contribution in [0.1, 0.15) is 22.7 Å². The molecule has 1 aromatic carbocycles. The highest BCUT2D eigenvalue weighted by Gasteiger charge is 2.38. The normalized spacial score (nSPS) is 18.5. The first-order valence-corrected chi connectivity index (χ1v) is 7.80. The summed E-state index contributed by atoms with van der Waals surface area (Å²) in [5, 5.41) is 2.75. The minimum atomic E-state index is -0.235. The van der Waals surface area contributed by atoms with Gasteiger partial charge in [-0.3, -0.25) is 14.5 Å². The molecule has 108 valence electrons. The molecule has 0 radical (unpaired) electrons. The summed E-state index contributed by atoms with van der Waals surface area (Å²) >= 11 is 1.49. The second-order valence-corrected chi connectivity index (χ2v) is 6.23. The van der Waals surface area contributed by atoms with Gasteiger partial charge in [0.05, 0.1) is 12.5 Å². The average molecular weight is 300 g/mol. The standard InChI is InChI=1S/C16H16N2O2S/c1-11-10-21-14(17-11)9-18-15(19)8-13(16(18)20)7-12-5-3-2-4-6-12/h2-6,10,13H,7-9H2,1H3/t13-/m1/s1. The number of thiazole rings is 1.